The minimum Gasteiger partial charge on any atom is -0.396 e. The molecule has 1 aromatic heterocycles. The maximum atomic E-state index is 12.9. The smallest absolute Gasteiger partial charge is 0.329 e. The number of nitrogens with zero attached hydrogens (tertiary/aromatic N) is 2. The quantitative estimate of drug-likeness (QED) is 0.545. The van der Waals surface area contributed by atoms with E-state index in [1.54, 1.807) is 11.6 Å². The number of aliphatic hydroxyl groups excluding tert-OH is 1. The summed E-state index contributed by atoms with van der Waals surface area (Å²) in [7, 11) is 1.73. The van der Waals surface area contributed by atoms with Crippen molar-refractivity contribution in [1.29, 1.82) is 0 Å². The van der Waals surface area contributed by atoms with Crippen LogP contribution < -0.4 is 11.0 Å². The lowest BCUT2D eigenvalue weighted by Gasteiger charge is -2.21. The monoisotopic (exact) mass is 373 g/mol. The van der Waals surface area contributed by atoms with Crippen LogP contribution in [-0.2, 0) is 23.1 Å². The van der Waals surface area contributed by atoms with E-state index in [0.717, 1.165) is 55.1 Å². The number of hydrogen-bond acceptors (Lipinski definition) is 4. The zero-order valence-electron chi connectivity index (χ0n) is 15.7. The SMILES string of the molecule is Cn1c(=O)n(C2CCC(=O)NC2=O)c2cccc(CCCCCCCO)c21. The molecule has 7 heteroatoms. The fourth-order valence-electron chi connectivity index (χ4n) is 3.91. The number of piperidine rings is 1. The van der Waals surface area contributed by atoms with Gasteiger partial charge in [0.15, 0.2) is 0 Å². The van der Waals surface area contributed by atoms with Gasteiger partial charge in [0.1, 0.15) is 6.04 Å². The van der Waals surface area contributed by atoms with Crippen LogP contribution in [0, 0.1) is 0 Å². The molecule has 2 aromatic rings. The third kappa shape index (κ3) is 3.98. The zero-order chi connectivity index (χ0) is 19.4. The van der Waals surface area contributed by atoms with Crippen LogP contribution in [-0.4, -0.2) is 32.7 Å². The van der Waals surface area contributed by atoms with E-state index in [2.05, 4.69) is 5.32 Å². The van der Waals surface area contributed by atoms with Crippen LogP contribution in [0.15, 0.2) is 23.0 Å². The average Bonchev–Trinajstić information content (AvgIpc) is 2.90. The van der Waals surface area contributed by atoms with Crippen molar-refractivity contribution in [3.8, 4) is 0 Å². The van der Waals surface area contributed by atoms with Gasteiger partial charge in [-0.05, 0) is 37.3 Å². The summed E-state index contributed by atoms with van der Waals surface area (Å²) in [5.74, 6) is -0.693. The summed E-state index contributed by atoms with van der Waals surface area (Å²) in [5.41, 5.74) is 2.48. The van der Waals surface area contributed by atoms with E-state index in [0.29, 0.717) is 6.42 Å². The van der Waals surface area contributed by atoms with E-state index in [9.17, 15) is 14.4 Å². The van der Waals surface area contributed by atoms with E-state index < -0.39 is 11.9 Å². The van der Waals surface area contributed by atoms with Crippen molar-refractivity contribution in [2.75, 3.05) is 6.61 Å². The first-order valence-electron chi connectivity index (χ1n) is 9.68. The second kappa shape index (κ2) is 8.52. The molecule has 2 heterocycles. The summed E-state index contributed by atoms with van der Waals surface area (Å²) in [6.07, 6.45) is 6.52. The van der Waals surface area contributed by atoms with Crippen molar-refractivity contribution in [2.24, 2.45) is 7.05 Å². The Balaban J connectivity index is 1.85. The van der Waals surface area contributed by atoms with Crippen molar-refractivity contribution < 1.29 is 14.7 Å². The molecule has 1 unspecified atom stereocenters. The Morgan fingerprint density at radius 2 is 1.85 bits per heavy atom. The first kappa shape index (κ1) is 19.4. The van der Waals surface area contributed by atoms with E-state index in [4.69, 9.17) is 5.11 Å². The molecule has 27 heavy (non-hydrogen) atoms. The molecule has 2 amide bonds. The van der Waals surface area contributed by atoms with Gasteiger partial charge in [-0.1, -0.05) is 31.4 Å². The minimum atomic E-state index is -0.646. The molecule has 2 N–H and O–H groups in total. The number of unbranched alkanes of at least 4 members (excludes halogenated alkanes) is 4. The third-order valence-corrected chi connectivity index (χ3v) is 5.31. The molecule has 0 aliphatic carbocycles. The van der Waals surface area contributed by atoms with Crippen LogP contribution in [0.1, 0.15) is 56.6 Å². The molecular formula is C20H27N3O4. The van der Waals surface area contributed by atoms with Crippen molar-refractivity contribution in [2.45, 2.75) is 57.4 Å². The lowest BCUT2D eigenvalue weighted by atomic mass is 10.0. The predicted molar refractivity (Wildman–Crippen MR) is 102 cm³/mol. The van der Waals surface area contributed by atoms with Gasteiger partial charge >= 0.3 is 5.69 Å². The number of carbonyl (C=O) groups excluding carboxylic acids is 2. The van der Waals surface area contributed by atoms with Gasteiger partial charge in [-0.3, -0.25) is 24.0 Å². The van der Waals surface area contributed by atoms with Crippen LogP contribution >= 0.6 is 0 Å². The van der Waals surface area contributed by atoms with Crippen molar-refractivity contribution in [3.63, 3.8) is 0 Å². The molecule has 1 saturated heterocycles. The van der Waals surface area contributed by atoms with Crippen molar-refractivity contribution in [1.82, 2.24) is 14.5 Å². The molecule has 7 nitrogen and oxygen atoms in total. The number of rotatable bonds is 8. The number of imide groups is 1. The van der Waals surface area contributed by atoms with Gasteiger partial charge in [-0.25, -0.2) is 4.79 Å². The Morgan fingerprint density at radius 1 is 1.11 bits per heavy atom. The standard InChI is InChI=1S/C20H27N3O4/c1-22-18-14(8-5-3-2-4-6-13-24)9-7-10-15(18)23(20(22)27)16-11-12-17(25)21-19(16)26/h7,9-10,16,24H,2-6,8,11-13H2,1H3,(H,21,25,26). The average molecular weight is 373 g/mol. The second-order valence-electron chi connectivity index (χ2n) is 7.20. The van der Waals surface area contributed by atoms with Gasteiger partial charge in [0.2, 0.25) is 11.8 Å². The number of benzene rings is 1. The van der Waals surface area contributed by atoms with E-state index in [-0.39, 0.29) is 24.6 Å². The Kier molecular flexibility index (Phi) is 6.11. The summed E-state index contributed by atoms with van der Waals surface area (Å²) >= 11 is 0. The van der Waals surface area contributed by atoms with Gasteiger partial charge in [0, 0.05) is 20.1 Å². The Hall–Kier alpha value is -2.41. The molecule has 0 saturated carbocycles. The molecular weight excluding hydrogens is 346 g/mol. The third-order valence-electron chi connectivity index (χ3n) is 5.31. The van der Waals surface area contributed by atoms with Gasteiger partial charge in [-0.2, -0.15) is 0 Å². The van der Waals surface area contributed by atoms with Crippen LogP contribution in [0.3, 0.4) is 0 Å². The topological polar surface area (TPSA) is 93.3 Å². The van der Waals surface area contributed by atoms with Crippen LogP contribution in [0.25, 0.3) is 11.0 Å². The zero-order valence-corrected chi connectivity index (χ0v) is 15.7. The lowest BCUT2D eigenvalue weighted by molar-refractivity contribution is -0.135. The molecule has 0 bridgehead atoms. The summed E-state index contributed by atoms with van der Waals surface area (Å²) < 4.78 is 3.14. The number of aryl methyl sites for hydroxylation is 2. The molecule has 0 radical (unpaired) electrons. The van der Waals surface area contributed by atoms with E-state index in [1.807, 2.05) is 18.2 Å². The molecule has 146 valence electrons. The molecule has 1 aliphatic heterocycles. The molecule has 1 aliphatic rings. The highest BCUT2D eigenvalue weighted by molar-refractivity contribution is 6.00. The number of nitrogens with one attached hydrogen (secondary N) is 1. The summed E-state index contributed by atoms with van der Waals surface area (Å²) in [6.45, 7) is 0.245. The Labute approximate surface area is 158 Å². The highest BCUT2D eigenvalue weighted by atomic mass is 16.3. The van der Waals surface area contributed by atoms with Gasteiger partial charge in [-0.15, -0.1) is 0 Å². The number of imidazole rings is 1. The molecule has 1 aromatic carbocycles. The van der Waals surface area contributed by atoms with Gasteiger partial charge < -0.3 is 5.11 Å². The van der Waals surface area contributed by atoms with E-state index in [1.165, 1.54) is 4.57 Å². The van der Waals surface area contributed by atoms with Gasteiger partial charge in [0.25, 0.3) is 0 Å². The van der Waals surface area contributed by atoms with Gasteiger partial charge in [0.05, 0.1) is 11.0 Å². The minimum absolute atomic E-state index is 0.227. The first-order chi connectivity index (χ1) is 13.0. The van der Waals surface area contributed by atoms with Crippen molar-refractivity contribution in [3.05, 3.63) is 34.2 Å². The first-order valence-corrected chi connectivity index (χ1v) is 9.68. The number of aromatic nitrogens is 2. The number of carbonyl (C=O) groups is 2. The number of aliphatic hydroxyl groups is 1. The number of para-hydroxylation sites is 1. The lowest BCUT2D eigenvalue weighted by Crippen LogP contribution is -2.44. The fraction of sp³-hybridized carbons (Fsp3) is 0.550. The number of fused-ring (bicyclic) bond motifs is 1. The summed E-state index contributed by atoms with van der Waals surface area (Å²) in [5, 5.41) is 11.2. The Morgan fingerprint density at radius 3 is 2.59 bits per heavy atom. The molecule has 1 fully saturated rings. The normalized spacial score (nSPS) is 17.5. The van der Waals surface area contributed by atoms with Crippen LogP contribution in [0.2, 0.25) is 0 Å². The number of amides is 2. The maximum absolute atomic E-state index is 12.9. The summed E-state index contributed by atoms with van der Waals surface area (Å²) in [4.78, 5) is 36.6. The predicted octanol–water partition coefficient (Wildman–Crippen LogP) is 1.80. The van der Waals surface area contributed by atoms with Crippen molar-refractivity contribution >= 4 is 22.8 Å². The van der Waals surface area contributed by atoms with E-state index >= 15 is 0 Å². The largest absolute Gasteiger partial charge is 0.396 e. The molecule has 3 rings (SSSR count). The molecule has 1 atom stereocenters. The second-order valence-corrected chi connectivity index (χ2v) is 7.20. The highest BCUT2D eigenvalue weighted by Crippen LogP contribution is 2.25. The fourth-order valence-corrected chi connectivity index (χ4v) is 3.91. The maximum Gasteiger partial charge on any atom is 0.329 e. The summed E-state index contributed by atoms with van der Waals surface area (Å²) in [6, 6.07) is 5.17. The number of hydrogen-bond donors (Lipinski definition) is 2. The Bertz CT molecular complexity index is 896. The van der Waals surface area contributed by atoms with Crippen LogP contribution in [0.4, 0.5) is 0 Å². The highest BCUT2D eigenvalue weighted by Gasteiger charge is 2.31. The molecule has 0 spiro atoms. The van der Waals surface area contributed by atoms with Crippen LogP contribution in [0.5, 0.6) is 0 Å².